The second-order valence-corrected chi connectivity index (χ2v) is 8.81. The Morgan fingerprint density at radius 3 is 1.89 bits per heavy atom. The van der Waals surface area contributed by atoms with Crippen molar-refractivity contribution in [1.82, 2.24) is 4.57 Å². The lowest BCUT2D eigenvalue weighted by molar-refractivity contribution is 0.303. The van der Waals surface area contributed by atoms with Gasteiger partial charge in [0.15, 0.2) is 0 Å². The van der Waals surface area contributed by atoms with Crippen LogP contribution in [0.2, 0.25) is 0 Å². The van der Waals surface area contributed by atoms with Gasteiger partial charge in [-0.25, -0.2) is 0 Å². The fraction of sp³-hybridized carbons (Fsp3) is 0.200. The zero-order chi connectivity index (χ0) is 23.5. The van der Waals surface area contributed by atoms with Crippen molar-refractivity contribution >= 4 is 51.7 Å². The molecule has 1 N–H and O–H groups in total. The summed E-state index contributed by atoms with van der Waals surface area (Å²) in [6, 6.07) is 21.3. The summed E-state index contributed by atoms with van der Waals surface area (Å²) in [6.45, 7) is 2.54. The van der Waals surface area contributed by atoms with E-state index in [1.54, 1.807) is 0 Å². The number of aliphatic hydroxyl groups excluding tert-OH is 1. The molecule has 2 aromatic carbocycles. The van der Waals surface area contributed by atoms with Crippen molar-refractivity contribution in [2.24, 2.45) is 7.05 Å². The largest absolute Gasteiger partial charge is 0.395 e. The molecule has 3 heterocycles. The maximum absolute atomic E-state index is 9.39. The number of fused-ring (bicyclic) bond motifs is 2. The summed E-state index contributed by atoms with van der Waals surface area (Å²) in [5.74, 6) is 0. The van der Waals surface area contributed by atoms with E-state index in [4.69, 9.17) is 0 Å². The van der Waals surface area contributed by atoms with E-state index < -0.39 is 0 Å². The molecule has 4 nitrogen and oxygen atoms in total. The van der Waals surface area contributed by atoms with Crippen LogP contribution in [0, 0.1) is 0 Å². The molecule has 180 valence electrons. The van der Waals surface area contributed by atoms with Crippen LogP contribution < -0.4 is 9.80 Å². The Balaban J connectivity index is 0.00000289. The second-order valence-electron chi connectivity index (χ2n) is 8.81. The minimum absolute atomic E-state index is 0. The number of hydrogen-bond acceptors (Lipinski definition) is 3. The normalized spacial score (nSPS) is 15.1. The van der Waals surface area contributed by atoms with Gasteiger partial charge in [0.25, 0.3) is 0 Å². The summed E-state index contributed by atoms with van der Waals surface area (Å²) < 4.78 is 2.22. The molecule has 0 saturated carbocycles. The van der Waals surface area contributed by atoms with Crippen LogP contribution in [0.3, 0.4) is 0 Å². The number of aliphatic hydroxyl groups is 1. The van der Waals surface area contributed by atoms with Crippen LogP contribution in [0.15, 0.2) is 85.0 Å². The highest BCUT2D eigenvalue weighted by Gasteiger charge is 2.16. The predicted molar refractivity (Wildman–Crippen MR) is 155 cm³/mol. The number of aromatic nitrogens is 1. The number of rotatable bonds is 6. The molecule has 0 unspecified atom stereocenters. The van der Waals surface area contributed by atoms with Crippen molar-refractivity contribution in [2.45, 2.75) is 0 Å². The standard InChI is InChI=1S/C30H31N3O.BrH/c1-31-19-17-23(27-7-3-5-9-29(27)31)11-13-25-15-16-26(32(25)2)14-12-24-18-20-33(21-22-34)30-10-6-4-8-28(24)30;/h3-18,34H,19-22H2,1-2H3;1H. The van der Waals surface area contributed by atoms with Crippen LogP contribution in [0.1, 0.15) is 22.5 Å². The number of hydrogen-bond donors (Lipinski definition) is 1. The lowest BCUT2D eigenvalue weighted by Gasteiger charge is -2.29. The molecule has 0 radical (unpaired) electrons. The highest BCUT2D eigenvalue weighted by Crippen LogP contribution is 2.33. The van der Waals surface area contributed by atoms with Gasteiger partial charge in [0.05, 0.1) is 6.61 Å². The molecule has 3 aromatic rings. The molecule has 1 aromatic heterocycles. The zero-order valence-corrected chi connectivity index (χ0v) is 22.0. The van der Waals surface area contributed by atoms with Gasteiger partial charge in [0.2, 0.25) is 0 Å². The van der Waals surface area contributed by atoms with Crippen molar-refractivity contribution in [1.29, 1.82) is 0 Å². The van der Waals surface area contributed by atoms with Gasteiger partial charge >= 0.3 is 0 Å². The number of nitrogens with zero attached hydrogens (tertiary/aromatic N) is 3. The monoisotopic (exact) mass is 529 g/mol. The molecule has 5 rings (SSSR count). The quantitative estimate of drug-likeness (QED) is 0.421. The Morgan fingerprint density at radius 1 is 0.714 bits per heavy atom. The third kappa shape index (κ3) is 5.07. The van der Waals surface area contributed by atoms with Gasteiger partial charge in [-0.1, -0.05) is 60.7 Å². The molecule has 0 saturated heterocycles. The number of para-hydroxylation sites is 2. The van der Waals surface area contributed by atoms with Gasteiger partial charge in [0, 0.05) is 67.6 Å². The zero-order valence-electron chi connectivity index (χ0n) is 20.3. The Morgan fingerprint density at radius 2 is 1.26 bits per heavy atom. The number of allylic oxidation sites excluding steroid dienone is 4. The van der Waals surface area contributed by atoms with E-state index in [-0.39, 0.29) is 23.6 Å². The predicted octanol–water partition coefficient (Wildman–Crippen LogP) is 6.06. The Labute approximate surface area is 218 Å². The lowest BCUT2D eigenvalue weighted by atomic mass is 9.98. The average molecular weight is 531 g/mol. The number of benzene rings is 2. The molecule has 0 fully saturated rings. The first-order chi connectivity index (χ1) is 16.7. The maximum atomic E-state index is 9.39. The minimum Gasteiger partial charge on any atom is -0.395 e. The van der Waals surface area contributed by atoms with Gasteiger partial charge in [-0.05, 0) is 47.6 Å². The first-order valence-corrected chi connectivity index (χ1v) is 11.8. The van der Waals surface area contributed by atoms with E-state index in [9.17, 15) is 5.11 Å². The van der Waals surface area contributed by atoms with Crippen LogP contribution in [0.5, 0.6) is 0 Å². The molecule has 35 heavy (non-hydrogen) atoms. The molecule has 0 spiro atoms. The van der Waals surface area contributed by atoms with E-state index in [0.717, 1.165) is 18.8 Å². The highest BCUT2D eigenvalue weighted by atomic mass is 79.9. The van der Waals surface area contributed by atoms with Gasteiger partial charge in [-0.15, -0.1) is 17.0 Å². The Kier molecular flexibility index (Phi) is 7.79. The van der Waals surface area contributed by atoms with E-state index in [1.807, 2.05) is 0 Å². The second kappa shape index (κ2) is 11.0. The molecule has 2 aliphatic rings. The molecular weight excluding hydrogens is 498 g/mol. The Hall–Kier alpha value is -3.28. The smallest absolute Gasteiger partial charge is 0.0606 e. The Bertz CT molecular complexity index is 1310. The summed E-state index contributed by atoms with van der Waals surface area (Å²) in [4.78, 5) is 4.49. The molecular formula is C30H32BrN3O. The third-order valence-electron chi connectivity index (χ3n) is 6.74. The summed E-state index contributed by atoms with van der Waals surface area (Å²) in [5, 5.41) is 9.39. The molecule has 0 bridgehead atoms. The first kappa shape index (κ1) is 24.8. The highest BCUT2D eigenvalue weighted by molar-refractivity contribution is 8.93. The van der Waals surface area contributed by atoms with E-state index in [2.05, 4.69) is 126 Å². The van der Waals surface area contributed by atoms with E-state index in [0.29, 0.717) is 6.54 Å². The summed E-state index contributed by atoms with van der Waals surface area (Å²) in [7, 11) is 4.25. The molecule has 0 amide bonds. The van der Waals surface area contributed by atoms with Crippen LogP contribution >= 0.6 is 17.0 Å². The topological polar surface area (TPSA) is 31.6 Å². The van der Waals surface area contributed by atoms with E-state index >= 15 is 0 Å². The van der Waals surface area contributed by atoms with Crippen molar-refractivity contribution < 1.29 is 5.11 Å². The fourth-order valence-corrected chi connectivity index (χ4v) is 4.78. The molecule has 5 heteroatoms. The van der Waals surface area contributed by atoms with Gasteiger partial charge < -0.3 is 19.5 Å². The van der Waals surface area contributed by atoms with Crippen molar-refractivity contribution in [3.63, 3.8) is 0 Å². The fourth-order valence-electron chi connectivity index (χ4n) is 4.78. The van der Waals surface area contributed by atoms with Crippen LogP contribution in [0.4, 0.5) is 11.4 Å². The summed E-state index contributed by atoms with van der Waals surface area (Å²) in [5.41, 5.74) is 9.76. The van der Waals surface area contributed by atoms with Crippen molar-refractivity contribution in [3.8, 4) is 0 Å². The van der Waals surface area contributed by atoms with Crippen LogP contribution in [-0.2, 0) is 7.05 Å². The lowest BCUT2D eigenvalue weighted by Crippen LogP contribution is -2.29. The summed E-state index contributed by atoms with van der Waals surface area (Å²) >= 11 is 0. The molecule has 0 atom stereocenters. The first-order valence-electron chi connectivity index (χ1n) is 11.8. The number of anilines is 2. The van der Waals surface area contributed by atoms with E-state index in [1.165, 1.54) is 39.3 Å². The number of β-amino-alcohol motifs (C(OH)–C–C–N with tert-alkyl or cyclic N) is 1. The van der Waals surface area contributed by atoms with Crippen molar-refractivity contribution in [2.75, 3.05) is 43.1 Å². The van der Waals surface area contributed by atoms with Gasteiger partial charge in [0.1, 0.15) is 0 Å². The van der Waals surface area contributed by atoms with Crippen molar-refractivity contribution in [3.05, 3.63) is 107 Å². The summed E-state index contributed by atoms with van der Waals surface area (Å²) in [6.07, 6.45) is 13.3. The van der Waals surface area contributed by atoms with Gasteiger partial charge in [-0.3, -0.25) is 0 Å². The number of halogens is 1. The molecule has 0 aliphatic carbocycles. The van der Waals surface area contributed by atoms with Crippen LogP contribution in [0.25, 0.3) is 23.3 Å². The van der Waals surface area contributed by atoms with Gasteiger partial charge in [-0.2, -0.15) is 0 Å². The average Bonchev–Trinajstić information content (AvgIpc) is 3.22. The SMILES string of the molecule is Br.CN1CC=C(C=Cc2ccc(C=CC3=CCN(CCO)c4ccccc43)n2C)c2ccccc21. The maximum Gasteiger partial charge on any atom is 0.0606 e. The van der Waals surface area contributed by atoms with Crippen LogP contribution in [-0.4, -0.2) is 43.0 Å². The minimum atomic E-state index is 0. The number of likely N-dealkylation sites (N-methyl/N-ethyl adjacent to an activating group) is 1. The molecule has 2 aliphatic heterocycles. The third-order valence-corrected chi connectivity index (χ3v) is 6.74.